The van der Waals surface area contributed by atoms with Crippen LogP contribution in [-0.4, -0.2) is 19.2 Å². The second kappa shape index (κ2) is 6.38. The zero-order valence-corrected chi connectivity index (χ0v) is 17.0. The van der Waals surface area contributed by atoms with E-state index in [9.17, 15) is 22.0 Å². The highest BCUT2D eigenvalue weighted by Gasteiger charge is 2.34. The summed E-state index contributed by atoms with van der Waals surface area (Å²) in [4.78, 5) is 15.8. The van der Waals surface area contributed by atoms with Gasteiger partial charge in [0.05, 0.1) is 10.6 Å². The molecule has 0 amide bonds. The average Bonchev–Trinajstić information content (AvgIpc) is 2.93. The number of hydrogen-bond acceptors (Lipinski definition) is 3. The van der Waals surface area contributed by atoms with Crippen LogP contribution in [0.15, 0.2) is 35.2 Å². The molecule has 1 aliphatic carbocycles. The summed E-state index contributed by atoms with van der Waals surface area (Å²) in [5.41, 5.74) is 1.68. The lowest BCUT2D eigenvalue weighted by Gasteiger charge is -2.28. The monoisotopic (exact) mass is 418 g/mol. The fourth-order valence-corrected chi connectivity index (χ4v) is 5.28. The second-order valence-electron chi connectivity index (χ2n) is 8.31. The van der Waals surface area contributed by atoms with E-state index in [1.165, 1.54) is 6.07 Å². The summed E-state index contributed by atoms with van der Waals surface area (Å²) in [5, 5.41) is 0.675. The summed E-state index contributed by atoms with van der Waals surface area (Å²) in [6.45, 7) is 5.63. The van der Waals surface area contributed by atoms with Crippen molar-refractivity contribution in [2.24, 2.45) is 5.41 Å². The Hall–Kier alpha value is -2.74. The highest BCUT2D eigenvalue weighted by molar-refractivity contribution is 7.92. The van der Waals surface area contributed by atoms with Crippen molar-refractivity contribution in [3.05, 3.63) is 58.8 Å². The van der Waals surface area contributed by atoms with E-state index in [2.05, 4.69) is 9.71 Å². The maximum absolute atomic E-state index is 13.9. The van der Waals surface area contributed by atoms with Gasteiger partial charge in [0, 0.05) is 34.6 Å². The predicted octanol–water partition coefficient (Wildman–Crippen LogP) is 4.71. The first kappa shape index (κ1) is 19.6. The van der Waals surface area contributed by atoms with Crippen LogP contribution < -0.4 is 4.72 Å². The largest absolute Gasteiger partial charge is 0.358 e. The molecular weight excluding hydrogens is 398 g/mol. The molecule has 1 aliphatic rings. The lowest BCUT2D eigenvalue weighted by molar-refractivity contribution is 0.0913. The molecule has 2 N–H and O–H groups in total. The summed E-state index contributed by atoms with van der Waals surface area (Å²) in [7, 11) is -4.17. The van der Waals surface area contributed by atoms with Gasteiger partial charge in [0.2, 0.25) is 0 Å². The number of anilines is 1. The van der Waals surface area contributed by atoms with E-state index >= 15 is 0 Å². The minimum Gasteiger partial charge on any atom is -0.358 e. The van der Waals surface area contributed by atoms with Gasteiger partial charge in [0.15, 0.2) is 5.78 Å². The molecule has 0 saturated carbocycles. The number of fused-ring (bicyclic) bond motifs is 3. The minimum atomic E-state index is -4.17. The molecule has 0 spiro atoms. The molecule has 1 aromatic heterocycles. The van der Waals surface area contributed by atoms with E-state index < -0.39 is 27.3 Å². The van der Waals surface area contributed by atoms with Crippen LogP contribution in [0, 0.1) is 24.0 Å². The Kier molecular flexibility index (Phi) is 4.31. The molecule has 0 aliphatic heterocycles. The van der Waals surface area contributed by atoms with Crippen LogP contribution in [0.2, 0.25) is 0 Å². The fourth-order valence-electron chi connectivity index (χ4n) is 3.97. The predicted molar refractivity (Wildman–Crippen MR) is 107 cm³/mol. The van der Waals surface area contributed by atoms with Gasteiger partial charge in [-0.25, -0.2) is 17.2 Å². The van der Waals surface area contributed by atoms with Crippen molar-refractivity contribution in [2.45, 2.75) is 38.5 Å². The van der Waals surface area contributed by atoms with Gasteiger partial charge >= 0.3 is 0 Å². The van der Waals surface area contributed by atoms with Gasteiger partial charge in [-0.05, 0) is 48.6 Å². The molecule has 0 saturated heterocycles. The molecular formula is C21H20F2N2O3S. The maximum Gasteiger partial charge on any atom is 0.262 e. The number of rotatable bonds is 3. The highest BCUT2D eigenvalue weighted by atomic mass is 32.2. The number of ketones is 1. The SMILES string of the molecule is Cc1cc2c3c([nH]c2cc1S(=O)(=O)Nc1cc(F)ccc1F)CC(C)(C)CC3=O. The molecule has 0 unspecified atom stereocenters. The van der Waals surface area contributed by atoms with E-state index in [1.54, 1.807) is 13.0 Å². The topological polar surface area (TPSA) is 79.0 Å². The third-order valence-corrected chi connectivity index (χ3v) is 6.71. The van der Waals surface area contributed by atoms with Crippen LogP contribution in [0.3, 0.4) is 0 Å². The number of Topliss-reactive ketones (excluding diaryl/α,β-unsaturated/α-hetero) is 1. The first-order valence-electron chi connectivity index (χ1n) is 9.13. The van der Waals surface area contributed by atoms with Crippen LogP contribution in [-0.2, 0) is 16.4 Å². The fraction of sp³-hybridized carbons (Fsp3) is 0.286. The van der Waals surface area contributed by atoms with E-state index in [0.29, 0.717) is 34.9 Å². The quantitative estimate of drug-likeness (QED) is 0.647. The molecule has 0 atom stereocenters. The van der Waals surface area contributed by atoms with Gasteiger partial charge in [-0.3, -0.25) is 9.52 Å². The molecule has 29 heavy (non-hydrogen) atoms. The van der Waals surface area contributed by atoms with E-state index in [4.69, 9.17) is 0 Å². The van der Waals surface area contributed by atoms with Crippen molar-refractivity contribution >= 4 is 32.4 Å². The summed E-state index contributed by atoms with van der Waals surface area (Å²) in [6.07, 6.45) is 1.10. The molecule has 152 valence electrons. The summed E-state index contributed by atoms with van der Waals surface area (Å²) < 4.78 is 55.1. The number of carbonyl (C=O) groups excluding carboxylic acids is 1. The molecule has 3 aromatic rings. The van der Waals surface area contributed by atoms with Crippen LogP contribution in [0.4, 0.5) is 14.5 Å². The number of benzene rings is 2. The Labute approximate surface area is 167 Å². The number of aryl methyl sites for hydroxylation is 1. The number of hydrogen-bond donors (Lipinski definition) is 2. The Morgan fingerprint density at radius 3 is 2.55 bits per heavy atom. The normalized spacial score (nSPS) is 16.1. The van der Waals surface area contributed by atoms with Crippen molar-refractivity contribution < 1.29 is 22.0 Å². The van der Waals surface area contributed by atoms with Crippen molar-refractivity contribution in [1.29, 1.82) is 0 Å². The summed E-state index contributed by atoms with van der Waals surface area (Å²) >= 11 is 0. The lowest BCUT2D eigenvalue weighted by atomic mass is 9.76. The number of sulfonamides is 1. The zero-order valence-electron chi connectivity index (χ0n) is 16.2. The van der Waals surface area contributed by atoms with E-state index in [1.807, 2.05) is 13.8 Å². The number of halogens is 2. The van der Waals surface area contributed by atoms with Gasteiger partial charge in [-0.15, -0.1) is 0 Å². The van der Waals surface area contributed by atoms with E-state index in [-0.39, 0.29) is 16.1 Å². The summed E-state index contributed by atoms with van der Waals surface area (Å²) in [6, 6.07) is 5.64. The Morgan fingerprint density at radius 2 is 1.83 bits per heavy atom. The van der Waals surface area contributed by atoms with Crippen molar-refractivity contribution in [3.8, 4) is 0 Å². The molecule has 0 bridgehead atoms. The first-order valence-corrected chi connectivity index (χ1v) is 10.6. The Morgan fingerprint density at radius 1 is 1.10 bits per heavy atom. The standard InChI is InChI=1S/C21H20F2N2O3S/c1-11-6-13-15(24-17-9-21(2,3)10-18(26)20(13)17)8-19(11)29(27,28)25-16-7-12(22)4-5-14(16)23/h4-8,24-25H,9-10H2,1-3H3. The number of nitrogens with one attached hydrogen (secondary N) is 2. The van der Waals surface area contributed by atoms with Crippen molar-refractivity contribution in [2.75, 3.05) is 4.72 Å². The van der Waals surface area contributed by atoms with Crippen LogP contribution >= 0.6 is 0 Å². The van der Waals surface area contributed by atoms with Crippen LogP contribution in [0.25, 0.3) is 10.9 Å². The Balaban J connectivity index is 1.82. The number of aromatic nitrogens is 1. The average molecular weight is 418 g/mol. The van der Waals surface area contributed by atoms with Gasteiger partial charge in [0.1, 0.15) is 11.6 Å². The minimum absolute atomic E-state index is 0.0254. The molecule has 0 fully saturated rings. The van der Waals surface area contributed by atoms with Crippen LogP contribution in [0.1, 0.15) is 41.9 Å². The molecule has 5 nitrogen and oxygen atoms in total. The molecule has 1 heterocycles. The highest BCUT2D eigenvalue weighted by Crippen LogP contribution is 2.39. The zero-order chi connectivity index (χ0) is 21.1. The molecule has 4 rings (SSSR count). The van der Waals surface area contributed by atoms with Crippen molar-refractivity contribution in [3.63, 3.8) is 0 Å². The molecule has 2 aromatic carbocycles. The van der Waals surface area contributed by atoms with Crippen LogP contribution in [0.5, 0.6) is 0 Å². The number of carbonyl (C=O) groups is 1. The smallest absolute Gasteiger partial charge is 0.262 e. The van der Waals surface area contributed by atoms with Gasteiger partial charge in [-0.1, -0.05) is 13.8 Å². The third kappa shape index (κ3) is 3.42. The van der Waals surface area contributed by atoms with Gasteiger partial charge in [-0.2, -0.15) is 0 Å². The lowest BCUT2D eigenvalue weighted by Crippen LogP contribution is -2.26. The summed E-state index contributed by atoms with van der Waals surface area (Å²) in [5.74, 6) is -1.61. The van der Waals surface area contributed by atoms with Gasteiger partial charge < -0.3 is 4.98 Å². The first-order chi connectivity index (χ1) is 13.5. The Bertz CT molecular complexity index is 1280. The van der Waals surface area contributed by atoms with Crippen molar-refractivity contribution in [1.82, 2.24) is 4.98 Å². The number of H-pyrrole nitrogens is 1. The maximum atomic E-state index is 13.9. The number of aromatic amines is 1. The van der Waals surface area contributed by atoms with E-state index in [0.717, 1.165) is 23.9 Å². The molecule has 0 radical (unpaired) electrons. The van der Waals surface area contributed by atoms with Gasteiger partial charge in [0.25, 0.3) is 10.0 Å². The molecule has 8 heteroatoms. The third-order valence-electron chi connectivity index (χ3n) is 5.21. The second-order valence-corrected chi connectivity index (χ2v) is 9.96.